The molecule has 0 spiro atoms. The summed E-state index contributed by atoms with van der Waals surface area (Å²) in [4.78, 5) is 2.23. The molecule has 0 fully saturated rings. The Balaban J connectivity index is 2.31. The molecule has 0 amide bonds. The smallest absolute Gasteiger partial charge is 0.132 e. The molecule has 2 aromatic rings. The lowest BCUT2D eigenvalue weighted by molar-refractivity contribution is 0.405. The van der Waals surface area contributed by atoms with Crippen LogP contribution in [0.4, 0.5) is 5.69 Å². The van der Waals surface area contributed by atoms with Crippen molar-refractivity contribution in [2.24, 2.45) is 0 Å². The number of rotatable bonds is 3. The van der Waals surface area contributed by atoms with E-state index in [0.717, 1.165) is 21.2 Å². The Labute approximate surface area is 106 Å². The first-order valence-corrected chi connectivity index (χ1v) is 6.19. The number of methoxy groups -OCH3 is 1. The van der Waals surface area contributed by atoms with E-state index in [1.807, 2.05) is 43.3 Å². The molecule has 0 saturated carbocycles. The van der Waals surface area contributed by atoms with Crippen LogP contribution in [0.2, 0.25) is 0 Å². The van der Waals surface area contributed by atoms with Gasteiger partial charge in [0.1, 0.15) is 5.75 Å². The van der Waals surface area contributed by atoms with Gasteiger partial charge in [-0.05, 0) is 42.8 Å². The summed E-state index contributed by atoms with van der Waals surface area (Å²) in [5.41, 5.74) is 7.80. The molecule has 0 aliphatic rings. The highest BCUT2D eigenvalue weighted by molar-refractivity contribution is 7.99. The van der Waals surface area contributed by atoms with Gasteiger partial charge in [-0.1, -0.05) is 23.9 Å². The molecule has 0 bridgehead atoms. The number of hydrogen-bond donors (Lipinski definition) is 1. The number of benzene rings is 2. The van der Waals surface area contributed by atoms with Crippen LogP contribution in [0.3, 0.4) is 0 Å². The van der Waals surface area contributed by atoms with E-state index in [1.54, 1.807) is 18.9 Å². The second-order valence-corrected chi connectivity index (χ2v) is 4.95. The van der Waals surface area contributed by atoms with E-state index in [9.17, 15) is 0 Å². The van der Waals surface area contributed by atoms with E-state index in [0.29, 0.717) is 0 Å². The summed E-state index contributed by atoms with van der Waals surface area (Å²) in [5, 5.41) is 0. The number of aryl methyl sites for hydroxylation is 1. The minimum absolute atomic E-state index is 0.794. The SMILES string of the molecule is COc1ccccc1Sc1cc(C)cc(N)c1. The van der Waals surface area contributed by atoms with Crippen LogP contribution in [0.25, 0.3) is 0 Å². The lowest BCUT2D eigenvalue weighted by Gasteiger charge is -2.08. The van der Waals surface area contributed by atoms with Crippen molar-refractivity contribution in [3.05, 3.63) is 48.0 Å². The molecule has 17 heavy (non-hydrogen) atoms. The summed E-state index contributed by atoms with van der Waals surface area (Å²) in [5.74, 6) is 0.887. The zero-order valence-electron chi connectivity index (χ0n) is 9.94. The van der Waals surface area contributed by atoms with Gasteiger partial charge in [-0.2, -0.15) is 0 Å². The molecule has 88 valence electrons. The maximum atomic E-state index is 5.84. The third kappa shape index (κ3) is 2.94. The fraction of sp³-hybridized carbons (Fsp3) is 0.143. The zero-order chi connectivity index (χ0) is 12.3. The second kappa shape index (κ2) is 5.15. The molecule has 0 aliphatic heterocycles. The third-order valence-electron chi connectivity index (χ3n) is 2.37. The summed E-state index contributed by atoms with van der Waals surface area (Å²) in [7, 11) is 1.68. The summed E-state index contributed by atoms with van der Waals surface area (Å²) in [6.45, 7) is 2.04. The lowest BCUT2D eigenvalue weighted by atomic mass is 10.2. The topological polar surface area (TPSA) is 35.2 Å². The van der Waals surface area contributed by atoms with Crippen molar-refractivity contribution in [2.45, 2.75) is 16.7 Å². The molecule has 2 N–H and O–H groups in total. The average Bonchev–Trinajstić information content (AvgIpc) is 2.28. The maximum absolute atomic E-state index is 5.84. The fourth-order valence-electron chi connectivity index (χ4n) is 1.67. The predicted molar refractivity (Wildman–Crippen MR) is 72.7 cm³/mol. The Hall–Kier alpha value is -1.61. The normalized spacial score (nSPS) is 10.2. The van der Waals surface area contributed by atoms with Crippen LogP contribution in [-0.4, -0.2) is 7.11 Å². The van der Waals surface area contributed by atoms with Crippen LogP contribution >= 0.6 is 11.8 Å². The molecular weight excluding hydrogens is 230 g/mol. The van der Waals surface area contributed by atoms with Crippen LogP contribution in [-0.2, 0) is 0 Å². The van der Waals surface area contributed by atoms with Gasteiger partial charge in [-0.3, -0.25) is 0 Å². The Morgan fingerprint density at radius 1 is 1.12 bits per heavy atom. The predicted octanol–water partition coefficient (Wildman–Crippen LogP) is 3.74. The summed E-state index contributed by atoms with van der Waals surface area (Å²) in [6, 6.07) is 14.0. The average molecular weight is 245 g/mol. The number of anilines is 1. The Kier molecular flexibility index (Phi) is 3.59. The first kappa shape index (κ1) is 11.9. The molecule has 0 unspecified atom stereocenters. The molecule has 0 aliphatic carbocycles. The van der Waals surface area contributed by atoms with E-state index in [4.69, 9.17) is 10.5 Å². The van der Waals surface area contributed by atoms with Crippen LogP contribution in [0.5, 0.6) is 5.75 Å². The van der Waals surface area contributed by atoms with Gasteiger partial charge in [0.25, 0.3) is 0 Å². The van der Waals surface area contributed by atoms with Gasteiger partial charge in [-0.25, -0.2) is 0 Å². The summed E-state index contributed by atoms with van der Waals surface area (Å²) < 4.78 is 5.33. The molecule has 3 heteroatoms. The maximum Gasteiger partial charge on any atom is 0.132 e. The number of ether oxygens (including phenoxy) is 1. The molecule has 2 nitrogen and oxygen atoms in total. The first-order chi connectivity index (χ1) is 8.19. The zero-order valence-corrected chi connectivity index (χ0v) is 10.8. The highest BCUT2D eigenvalue weighted by atomic mass is 32.2. The minimum Gasteiger partial charge on any atom is -0.496 e. The van der Waals surface area contributed by atoms with E-state index < -0.39 is 0 Å². The molecule has 0 heterocycles. The van der Waals surface area contributed by atoms with Gasteiger partial charge in [0.2, 0.25) is 0 Å². The monoisotopic (exact) mass is 245 g/mol. The van der Waals surface area contributed by atoms with Crippen LogP contribution in [0.1, 0.15) is 5.56 Å². The summed E-state index contributed by atoms with van der Waals surface area (Å²) >= 11 is 1.66. The van der Waals surface area contributed by atoms with Crippen molar-refractivity contribution in [3.8, 4) is 5.75 Å². The lowest BCUT2D eigenvalue weighted by Crippen LogP contribution is -1.88. The van der Waals surface area contributed by atoms with Crippen molar-refractivity contribution >= 4 is 17.4 Å². The van der Waals surface area contributed by atoms with Crippen molar-refractivity contribution in [1.29, 1.82) is 0 Å². The Bertz CT molecular complexity index is 505. The molecule has 0 saturated heterocycles. The van der Waals surface area contributed by atoms with Gasteiger partial charge in [0.05, 0.1) is 12.0 Å². The number of hydrogen-bond acceptors (Lipinski definition) is 3. The van der Waals surface area contributed by atoms with E-state index in [-0.39, 0.29) is 0 Å². The quantitative estimate of drug-likeness (QED) is 0.837. The fourth-order valence-corrected chi connectivity index (χ4v) is 2.76. The minimum atomic E-state index is 0.794. The van der Waals surface area contributed by atoms with Gasteiger partial charge in [-0.15, -0.1) is 0 Å². The van der Waals surface area contributed by atoms with Crippen molar-refractivity contribution < 1.29 is 4.74 Å². The van der Waals surface area contributed by atoms with Crippen LogP contribution in [0, 0.1) is 6.92 Å². The molecule has 0 radical (unpaired) electrons. The second-order valence-electron chi connectivity index (χ2n) is 3.83. The largest absolute Gasteiger partial charge is 0.496 e. The van der Waals surface area contributed by atoms with Crippen LogP contribution in [0.15, 0.2) is 52.3 Å². The molecule has 2 rings (SSSR count). The third-order valence-corrected chi connectivity index (χ3v) is 3.40. The van der Waals surface area contributed by atoms with Crippen LogP contribution < -0.4 is 10.5 Å². The van der Waals surface area contributed by atoms with Crippen molar-refractivity contribution in [2.75, 3.05) is 12.8 Å². The highest BCUT2D eigenvalue weighted by Gasteiger charge is 2.04. The van der Waals surface area contributed by atoms with Gasteiger partial charge >= 0.3 is 0 Å². The number of nitrogen functional groups attached to an aromatic ring is 1. The van der Waals surface area contributed by atoms with Crippen molar-refractivity contribution in [3.63, 3.8) is 0 Å². The number of para-hydroxylation sites is 1. The highest BCUT2D eigenvalue weighted by Crippen LogP contribution is 2.35. The van der Waals surface area contributed by atoms with Gasteiger partial charge in [0.15, 0.2) is 0 Å². The van der Waals surface area contributed by atoms with E-state index in [1.165, 1.54) is 5.56 Å². The van der Waals surface area contributed by atoms with E-state index >= 15 is 0 Å². The molecule has 0 aromatic heterocycles. The number of nitrogens with two attached hydrogens (primary N) is 1. The van der Waals surface area contributed by atoms with E-state index in [2.05, 4.69) is 6.07 Å². The van der Waals surface area contributed by atoms with Crippen molar-refractivity contribution in [1.82, 2.24) is 0 Å². The Morgan fingerprint density at radius 3 is 2.59 bits per heavy atom. The Morgan fingerprint density at radius 2 is 1.88 bits per heavy atom. The molecular formula is C14H15NOS. The molecule has 0 atom stereocenters. The van der Waals surface area contributed by atoms with Gasteiger partial charge < -0.3 is 10.5 Å². The standard InChI is InChI=1S/C14H15NOS/c1-10-7-11(15)9-12(8-10)17-14-6-4-3-5-13(14)16-2/h3-9H,15H2,1-2H3. The molecule has 2 aromatic carbocycles. The van der Waals surface area contributed by atoms with Gasteiger partial charge in [0, 0.05) is 10.6 Å². The first-order valence-electron chi connectivity index (χ1n) is 5.37. The summed E-state index contributed by atoms with van der Waals surface area (Å²) in [6.07, 6.45) is 0.